The Morgan fingerprint density at radius 2 is 2.05 bits per heavy atom. The largest absolute Gasteiger partial charge is 0.488 e. The molecule has 0 aliphatic carbocycles. The predicted molar refractivity (Wildman–Crippen MR) is 85.8 cm³/mol. The number of ether oxygens (including phenoxy) is 1. The SMILES string of the molecule is NC(=S)c1ccc(Cl)cc1OCc1cc(F)cc(Br)c1. The van der Waals surface area contributed by atoms with Crippen LogP contribution in [-0.4, -0.2) is 4.99 Å². The van der Waals surface area contributed by atoms with Crippen molar-refractivity contribution in [3.05, 3.63) is 62.8 Å². The molecule has 0 atom stereocenters. The van der Waals surface area contributed by atoms with E-state index in [4.69, 9.17) is 34.3 Å². The topological polar surface area (TPSA) is 35.2 Å². The molecular formula is C14H10BrClFNOS. The molecule has 2 aromatic rings. The maximum atomic E-state index is 13.3. The van der Waals surface area contributed by atoms with E-state index >= 15 is 0 Å². The first-order valence-corrected chi connectivity index (χ1v) is 7.21. The van der Waals surface area contributed by atoms with Gasteiger partial charge in [0, 0.05) is 9.50 Å². The van der Waals surface area contributed by atoms with Gasteiger partial charge >= 0.3 is 0 Å². The summed E-state index contributed by atoms with van der Waals surface area (Å²) in [4.78, 5) is 0.220. The zero-order valence-electron chi connectivity index (χ0n) is 10.2. The Balaban J connectivity index is 2.22. The van der Waals surface area contributed by atoms with E-state index in [0.717, 1.165) is 0 Å². The standard InChI is InChI=1S/C14H10BrClFNOS/c15-9-3-8(4-11(17)5-9)7-19-13-6-10(16)1-2-12(13)14(18)20/h1-6H,7H2,(H2,18,20). The van der Waals surface area contributed by atoms with Crippen LogP contribution in [-0.2, 0) is 6.61 Å². The van der Waals surface area contributed by atoms with Crippen molar-refractivity contribution in [1.29, 1.82) is 0 Å². The zero-order valence-corrected chi connectivity index (χ0v) is 13.4. The molecule has 0 aliphatic heterocycles. The van der Waals surface area contributed by atoms with Gasteiger partial charge in [0.05, 0.1) is 5.56 Å². The van der Waals surface area contributed by atoms with Gasteiger partial charge in [-0.1, -0.05) is 39.7 Å². The van der Waals surface area contributed by atoms with Crippen LogP contribution in [0.5, 0.6) is 5.75 Å². The van der Waals surface area contributed by atoms with Crippen molar-refractivity contribution in [3.63, 3.8) is 0 Å². The van der Waals surface area contributed by atoms with Crippen molar-refractivity contribution in [2.24, 2.45) is 5.73 Å². The molecule has 2 N–H and O–H groups in total. The van der Waals surface area contributed by atoms with E-state index in [9.17, 15) is 4.39 Å². The lowest BCUT2D eigenvalue weighted by molar-refractivity contribution is 0.305. The Kier molecular flexibility index (Phi) is 4.96. The van der Waals surface area contributed by atoms with Crippen molar-refractivity contribution in [3.8, 4) is 5.75 Å². The van der Waals surface area contributed by atoms with Crippen LogP contribution in [0.1, 0.15) is 11.1 Å². The average Bonchev–Trinajstić information content (AvgIpc) is 2.35. The highest BCUT2D eigenvalue weighted by atomic mass is 79.9. The van der Waals surface area contributed by atoms with Crippen molar-refractivity contribution in [2.45, 2.75) is 6.61 Å². The van der Waals surface area contributed by atoms with Crippen LogP contribution in [0, 0.1) is 5.82 Å². The summed E-state index contributed by atoms with van der Waals surface area (Å²) in [5.74, 6) is 0.143. The first kappa shape index (κ1) is 15.2. The highest BCUT2D eigenvalue weighted by Crippen LogP contribution is 2.25. The third-order valence-corrected chi connectivity index (χ3v) is 3.44. The number of thiocarbonyl (C=S) groups is 1. The van der Waals surface area contributed by atoms with E-state index in [-0.39, 0.29) is 17.4 Å². The fourth-order valence-electron chi connectivity index (χ4n) is 1.67. The summed E-state index contributed by atoms with van der Waals surface area (Å²) in [5, 5.41) is 0.514. The van der Waals surface area contributed by atoms with Crippen molar-refractivity contribution >= 4 is 44.7 Å². The average molecular weight is 375 g/mol. The third-order valence-electron chi connectivity index (χ3n) is 2.53. The van der Waals surface area contributed by atoms with Crippen molar-refractivity contribution < 1.29 is 9.13 Å². The molecule has 0 unspecified atom stereocenters. The van der Waals surface area contributed by atoms with Crippen LogP contribution in [0.15, 0.2) is 40.9 Å². The van der Waals surface area contributed by atoms with Crippen LogP contribution in [0.3, 0.4) is 0 Å². The Hall–Kier alpha value is -1.17. The second-order valence-corrected chi connectivity index (χ2v) is 5.86. The van der Waals surface area contributed by atoms with E-state index < -0.39 is 0 Å². The molecule has 104 valence electrons. The molecule has 0 fully saturated rings. The van der Waals surface area contributed by atoms with Gasteiger partial charge in [-0.2, -0.15) is 0 Å². The lowest BCUT2D eigenvalue weighted by Gasteiger charge is -2.11. The minimum Gasteiger partial charge on any atom is -0.488 e. The Bertz CT molecular complexity index is 645. The number of hydrogen-bond donors (Lipinski definition) is 1. The molecule has 0 heterocycles. The Morgan fingerprint density at radius 3 is 2.70 bits per heavy atom. The normalized spacial score (nSPS) is 10.3. The zero-order chi connectivity index (χ0) is 14.7. The van der Waals surface area contributed by atoms with Gasteiger partial charge in [0.2, 0.25) is 0 Å². The second-order valence-electron chi connectivity index (χ2n) is 4.07. The molecule has 20 heavy (non-hydrogen) atoms. The summed E-state index contributed by atoms with van der Waals surface area (Å²) in [6.07, 6.45) is 0. The highest BCUT2D eigenvalue weighted by Gasteiger charge is 2.08. The van der Waals surface area contributed by atoms with Gasteiger partial charge in [0.25, 0.3) is 0 Å². The van der Waals surface area contributed by atoms with E-state index in [1.54, 1.807) is 24.3 Å². The lowest BCUT2D eigenvalue weighted by atomic mass is 10.2. The molecule has 2 nitrogen and oxygen atoms in total. The van der Waals surface area contributed by atoms with Gasteiger partial charge in [-0.15, -0.1) is 0 Å². The minimum atomic E-state index is -0.335. The molecule has 0 amide bonds. The smallest absolute Gasteiger partial charge is 0.131 e. The number of nitrogens with two attached hydrogens (primary N) is 1. The van der Waals surface area contributed by atoms with Gasteiger partial charge in [-0.3, -0.25) is 0 Å². The Morgan fingerprint density at radius 1 is 1.30 bits per heavy atom. The van der Waals surface area contributed by atoms with Crippen LogP contribution >= 0.6 is 39.7 Å². The van der Waals surface area contributed by atoms with Crippen LogP contribution in [0.4, 0.5) is 4.39 Å². The summed E-state index contributed by atoms with van der Waals surface area (Å²) in [5.41, 5.74) is 6.91. The fourth-order valence-corrected chi connectivity index (χ4v) is 2.52. The molecule has 0 bridgehead atoms. The fraction of sp³-hybridized carbons (Fsp3) is 0.0714. The minimum absolute atomic E-state index is 0.187. The van der Waals surface area contributed by atoms with E-state index in [0.29, 0.717) is 26.4 Å². The molecule has 2 rings (SSSR count). The number of rotatable bonds is 4. The first-order valence-electron chi connectivity index (χ1n) is 5.63. The number of halogens is 3. The monoisotopic (exact) mass is 373 g/mol. The number of hydrogen-bond acceptors (Lipinski definition) is 2. The summed E-state index contributed by atoms with van der Waals surface area (Å²) < 4.78 is 19.6. The summed E-state index contributed by atoms with van der Waals surface area (Å²) in [6, 6.07) is 9.56. The number of benzene rings is 2. The van der Waals surface area contributed by atoms with Gasteiger partial charge in [0.1, 0.15) is 23.2 Å². The summed E-state index contributed by atoms with van der Waals surface area (Å²) in [7, 11) is 0. The van der Waals surface area contributed by atoms with Gasteiger partial charge in [-0.05, 0) is 42.0 Å². The quantitative estimate of drug-likeness (QED) is 0.803. The molecule has 0 saturated carbocycles. The lowest BCUT2D eigenvalue weighted by Crippen LogP contribution is -2.11. The molecule has 6 heteroatoms. The van der Waals surface area contributed by atoms with Crippen LogP contribution < -0.4 is 10.5 Å². The van der Waals surface area contributed by atoms with Gasteiger partial charge < -0.3 is 10.5 Å². The molecule has 0 saturated heterocycles. The summed E-state index contributed by atoms with van der Waals surface area (Å²) >= 11 is 14.1. The molecular weight excluding hydrogens is 365 g/mol. The predicted octanol–water partition coefficient (Wildman–Crippen LogP) is 4.45. The maximum Gasteiger partial charge on any atom is 0.131 e. The molecule has 0 aliphatic rings. The van der Waals surface area contributed by atoms with Crippen LogP contribution in [0.25, 0.3) is 0 Å². The molecule has 0 aromatic heterocycles. The molecule has 0 spiro atoms. The van der Waals surface area contributed by atoms with Crippen LogP contribution in [0.2, 0.25) is 5.02 Å². The van der Waals surface area contributed by atoms with E-state index in [1.165, 1.54) is 12.1 Å². The molecule has 2 aromatic carbocycles. The Labute approximate surface area is 134 Å². The van der Waals surface area contributed by atoms with E-state index in [1.807, 2.05) is 0 Å². The second kappa shape index (κ2) is 6.52. The van der Waals surface area contributed by atoms with E-state index in [2.05, 4.69) is 15.9 Å². The first-order chi connectivity index (χ1) is 9.45. The highest BCUT2D eigenvalue weighted by molar-refractivity contribution is 9.10. The van der Waals surface area contributed by atoms with Crippen molar-refractivity contribution in [1.82, 2.24) is 0 Å². The van der Waals surface area contributed by atoms with Crippen molar-refractivity contribution in [2.75, 3.05) is 0 Å². The maximum absolute atomic E-state index is 13.3. The van der Waals surface area contributed by atoms with Gasteiger partial charge in [-0.25, -0.2) is 4.39 Å². The summed E-state index contributed by atoms with van der Waals surface area (Å²) in [6.45, 7) is 0.187. The van der Waals surface area contributed by atoms with Gasteiger partial charge in [0.15, 0.2) is 0 Å². The molecule has 0 radical (unpaired) electrons. The third kappa shape index (κ3) is 3.91.